The fraction of sp³-hybridized carbons (Fsp3) is 1.00. The first-order chi connectivity index (χ1) is 12.1. The van der Waals surface area contributed by atoms with E-state index >= 15 is 0 Å². The minimum Gasteiger partial charge on any atom is -0.373 e. The van der Waals surface area contributed by atoms with Gasteiger partial charge in [-0.15, -0.1) is 8.58 Å². The van der Waals surface area contributed by atoms with Crippen LogP contribution in [0.15, 0.2) is 0 Å². The lowest BCUT2D eigenvalue weighted by molar-refractivity contribution is 0.0223. The van der Waals surface area contributed by atoms with Crippen molar-refractivity contribution in [3.8, 4) is 0 Å². The predicted molar refractivity (Wildman–Crippen MR) is 117 cm³/mol. The molecule has 5 heteroatoms. The lowest BCUT2D eigenvalue weighted by atomic mass is 10.1. The first kappa shape index (κ1) is 27.7. The highest BCUT2D eigenvalue weighted by molar-refractivity contribution is 7.37. The van der Waals surface area contributed by atoms with Crippen LogP contribution in [0.1, 0.15) is 93.4 Å². The molecule has 0 radical (unpaired) electrons. The van der Waals surface area contributed by atoms with E-state index in [1.54, 1.807) is 0 Å². The van der Waals surface area contributed by atoms with E-state index in [2.05, 4.69) is 48.5 Å². The van der Waals surface area contributed by atoms with E-state index in [1.807, 2.05) is 0 Å². The molecule has 0 aromatic carbocycles. The average molecular weight is 395 g/mol. The lowest BCUT2D eigenvalue weighted by Crippen LogP contribution is -2.48. The molecule has 0 aromatic rings. The Labute approximate surface area is 162 Å². The van der Waals surface area contributed by atoms with Crippen LogP contribution in [0.5, 0.6) is 0 Å². The van der Waals surface area contributed by atoms with Gasteiger partial charge in [0.25, 0.3) is 0 Å². The normalized spacial score (nSPS) is 12.6. The van der Waals surface area contributed by atoms with E-state index in [-0.39, 0.29) is 0 Å². The highest BCUT2D eigenvalue weighted by Gasteiger charge is 2.40. The average Bonchev–Trinajstić information content (AvgIpc) is 2.64. The van der Waals surface area contributed by atoms with E-state index in [0.29, 0.717) is 6.10 Å². The van der Waals surface area contributed by atoms with Crippen LogP contribution in [-0.2, 0) is 13.3 Å². The zero-order chi connectivity index (χ0) is 19.4. The number of rotatable bonds is 16. The van der Waals surface area contributed by atoms with E-state index in [0.717, 1.165) is 44.9 Å². The van der Waals surface area contributed by atoms with Crippen molar-refractivity contribution in [3.63, 3.8) is 0 Å². The summed E-state index contributed by atoms with van der Waals surface area (Å²) in [6, 6.07) is 0.872. The minimum absolute atomic E-state index is 0.293. The van der Waals surface area contributed by atoms with Gasteiger partial charge in [-0.25, -0.2) is 0 Å². The third-order valence-electron chi connectivity index (χ3n) is 3.92. The zero-order valence-corrected chi connectivity index (χ0v) is 20.3. The quantitative estimate of drug-likeness (QED) is 0.162. The van der Waals surface area contributed by atoms with Crippen molar-refractivity contribution in [2.24, 2.45) is 0 Å². The third-order valence-corrected chi connectivity index (χ3v) is 7.76. The molecule has 3 nitrogen and oxygen atoms in total. The maximum Gasteiger partial charge on any atom is 0.500 e. The fourth-order valence-electron chi connectivity index (χ4n) is 2.38. The van der Waals surface area contributed by atoms with Crippen molar-refractivity contribution in [1.82, 2.24) is 0 Å². The summed E-state index contributed by atoms with van der Waals surface area (Å²) in [5.41, 5.74) is 0. The van der Waals surface area contributed by atoms with E-state index in [9.17, 15) is 0 Å². The van der Waals surface area contributed by atoms with Crippen LogP contribution in [0.3, 0.4) is 0 Å². The van der Waals surface area contributed by atoms with E-state index in [4.69, 9.17) is 13.3 Å². The van der Waals surface area contributed by atoms with Crippen LogP contribution >= 0.6 is 8.58 Å². The summed E-state index contributed by atoms with van der Waals surface area (Å²) in [4.78, 5) is 0. The number of hydrogen-bond acceptors (Lipinski definition) is 3. The Morgan fingerprint density at radius 2 is 1.32 bits per heavy atom. The van der Waals surface area contributed by atoms with Crippen LogP contribution in [0.25, 0.3) is 0 Å². The second kappa shape index (κ2) is 20.8. The molecular formula is C20H47O3PSi. The molecule has 0 bridgehead atoms. The molecule has 0 aromatic heterocycles. The van der Waals surface area contributed by atoms with Gasteiger partial charge in [-0.2, -0.15) is 0 Å². The van der Waals surface area contributed by atoms with Crippen molar-refractivity contribution in [3.05, 3.63) is 0 Å². The minimum atomic E-state index is -2.46. The van der Waals surface area contributed by atoms with Crippen LogP contribution in [0.2, 0.25) is 6.04 Å². The molecule has 1 unspecified atom stereocenters. The zero-order valence-electron chi connectivity index (χ0n) is 18.3. The van der Waals surface area contributed by atoms with Crippen molar-refractivity contribution in [2.45, 2.75) is 106 Å². The van der Waals surface area contributed by atoms with Crippen molar-refractivity contribution in [2.75, 3.05) is 25.5 Å². The third kappa shape index (κ3) is 16.4. The smallest absolute Gasteiger partial charge is 0.373 e. The van der Waals surface area contributed by atoms with Gasteiger partial charge in [0.1, 0.15) is 0 Å². The number of unbranched alkanes of at least 4 members (excludes halogenated alkanes) is 2. The molecular weight excluding hydrogens is 347 g/mol. The summed E-state index contributed by atoms with van der Waals surface area (Å²) in [5, 5.41) is 0. The van der Waals surface area contributed by atoms with Gasteiger partial charge in [0.05, 0.1) is 0 Å². The number of hydrogen-bond donors (Lipinski definition) is 0. The Hall–Kier alpha value is 0.527. The lowest BCUT2D eigenvalue weighted by Gasteiger charge is -2.32. The molecule has 0 N–H and O–H groups in total. The first-order valence-electron chi connectivity index (χ1n) is 10.8. The van der Waals surface area contributed by atoms with Gasteiger partial charge in [-0.1, -0.05) is 67.7 Å². The van der Waals surface area contributed by atoms with Gasteiger partial charge < -0.3 is 13.3 Å². The topological polar surface area (TPSA) is 27.7 Å². The van der Waals surface area contributed by atoms with Crippen LogP contribution < -0.4 is 0 Å². The molecule has 0 fully saturated rings. The standard InChI is InChI=1S/C16H36O3Si.C4H11P/c1-6-11-12-13-16(9-4)19-20(10-5,17-14-7-2)18-15-8-3;1-3-5-4-2/h16H,6-15H2,1-5H3;5H,3-4H2,1-2H3. The second-order valence-electron chi connectivity index (χ2n) is 6.33. The molecule has 1 atom stereocenters. The highest BCUT2D eigenvalue weighted by atomic mass is 31.1. The molecule has 0 heterocycles. The Kier molecular flexibility index (Phi) is 23.1. The monoisotopic (exact) mass is 394 g/mol. The van der Waals surface area contributed by atoms with Crippen molar-refractivity contribution in [1.29, 1.82) is 0 Å². The summed E-state index contributed by atoms with van der Waals surface area (Å²) in [6.07, 6.45) is 11.0. The molecule has 0 amide bonds. The first-order valence-corrected chi connectivity index (χ1v) is 14.1. The summed E-state index contributed by atoms with van der Waals surface area (Å²) in [5.74, 6) is 0. The van der Waals surface area contributed by atoms with Gasteiger partial charge in [0, 0.05) is 25.4 Å². The van der Waals surface area contributed by atoms with Gasteiger partial charge in [0.15, 0.2) is 0 Å². The molecule has 0 rings (SSSR count). The van der Waals surface area contributed by atoms with Crippen molar-refractivity contribution < 1.29 is 13.3 Å². The maximum atomic E-state index is 6.38. The largest absolute Gasteiger partial charge is 0.500 e. The van der Waals surface area contributed by atoms with Crippen molar-refractivity contribution >= 4 is 17.4 Å². The molecule has 0 saturated heterocycles. The Morgan fingerprint density at radius 3 is 1.64 bits per heavy atom. The molecule has 0 aliphatic rings. The second-order valence-corrected chi connectivity index (χ2v) is 11.1. The Balaban J connectivity index is 0. The summed E-state index contributed by atoms with van der Waals surface area (Å²) in [7, 11) is -1.26. The van der Waals surface area contributed by atoms with Crippen LogP contribution in [-0.4, -0.2) is 40.4 Å². The highest BCUT2D eigenvalue weighted by Crippen LogP contribution is 2.22. The predicted octanol–water partition coefficient (Wildman–Crippen LogP) is 6.88. The van der Waals surface area contributed by atoms with E-state index in [1.165, 1.54) is 40.2 Å². The Bertz CT molecular complexity index is 245. The fourth-order valence-corrected chi connectivity index (χ4v) is 5.50. The van der Waals surface area contributed by atoms with E-state index < -0.39 is 8.80 Å². The SMILES string of the molecule is CCCCCC(CC)O[Si](CC)(OCCC)OCCC.CCPCC. The Morgan fingerprint density at radius 1 is 0.760 bits per heavy atom. The molecule has 154 valence electrons. The van der Waals surface area contributed by atoms with Gasteiger partial charge in [-0.05, 0) is 38.0 Å². The molecule has 0 aliphatic heterocycles. The van der Waals surface area contributed by atoms with Crippen LogP contribution in [0, 0.1) is 0 Å². The molecule has 0 aliphatic carbocycles. The summed E-state index contributed by atoms with van der Waals surface area (Å²) >= 11 is 0. The van der Waals surface area contributed by atoms with Gasteiger partial charge in [0.2, 0.25) is 0 Å². The summed E-state index contributed by atoms with van der Waals surface area (Å²) < 4.78 is 18.5. The maximum absolute atomic E-state index is 6.38. The van der Waals surface area contributed by atoms with Crippen LogP contribution in [0.4, 0.5) is 0 Å². The van der Waals surface area contributed by atoms with Gasteiger partial charge >= 0.3 is 8.80 Å². The van der Waals surface area contributed by atoms with Gasteiger partial charge in [-0.3, -0.25) is 0 Å². The molecule has 0 saturated carbocycles. The molecule has 0 spiro atoms. The summed E-state index contributed by atoms with van der Waals surface area (Å²) in [6.45, 7) is 16.8. The molecule has 25 heavy (non-hydrogen) atoms.